The minimum absolute atomic E-state index is 0.107. The molecule has 0 aromatic heterocycles. The summed E-state index contributed by atoms with van der Waals surface area (Å²) >= 11 is 11.9. The van der Waals surface area contributed by atoms with Gasteiger partial charge in [-0.3, -0.25) is 0 Å². The molecule has 26 heavy (non-hydrogen) atoms. The van der Waals surface area contributed by atoms with Gasteiger partial charge in [0.1, 0.15) is 0 Å². The Morgan fingerprint density at radius 2 is 1.46 bits per heavy atom. The fourth-order valence-electron chi connectivity index (χ4n) is 2.74. The van der Waals surface area contributed by atoms with Crippen molar-refractivity contribution in [1.82, 2.24) is 5.32 Å². The van der Waals surface area contributed by atoms with Crippen LogP contribution in [0.15, 0.2) is 42.5 Å². The third kappa shape index (κ3) is 8.09. The maximum Gasteiger partial charge on any atom is 0.151 e. The van der Waals surface area contributed by atoms with E-state index in [1.807, 2.05) is 42.5 Å². The number of benzene rings is 2. The highest BCUT2D eigenvalue weighted by Gasteiger charge is 2.04. The molecule has 2 aromatic carbocycles. The van der Waals surface area contributed by atoms with Crippen LogP contribution in [0.1, 0.15) is 29.5 Å². The molecule has 0 atom stereocenters. The van der Waals surface area contributed by atoms with Crippen LogP contribution in [0.4, 0.5) is 0 Å². The molecule has 0 fully saturated rings. The van der Waals surface area contributed by atoms with Gasteiger partial charge in [0, 0.05) is 6.26 Å². The fourth-order valence-corrected chi connectivity index (χ4v) is 3.86. The lowest BCUT2D eigenvalue weighted by Crippen LogP contribution is -2.18. The molecule has 0 aliphatic rings. The lowest BCUT2D eigenvalue weighted by molar-refractivity contribution is 0.601. The molecule has 0 bridgehead atoms. The van der Waals surface area contributed by atoms with Gasteiger partial charge in [0.05, 0.1) is 15.8 Å². The van der Waals surface area contributed by atoms with Gasteiger partial charge in [-0.15, -0.1) is 0 Å². The first-order chi connectivity index (χ1) is 12.3. The summed E-state index contributed by atoms with van der Waals surface area (Å²) in [5.74, 6) is 0.107. The van der Waals surface area contributed by atoms with Crippen LogP contribution in [0.2, 0.25) is 10.0 Å². The second-order valence-corrected chi connectivity index (χ2v) is 9.55. The number of rotatable bonds is 10. The van der Waals surface area contributed by atoms with Crippen molar-refractivity contribution in [2.75, 3.05) is 19.3 Å². The minimum Gasteiger partial charge on any atom is -0.316 e. The van der Waals surface area contributed by atoms with Gasteiger partial charge in [-0.25, -0.2) is 8.42 Å². The van der Waals surface area contributed by atoms with E-state index in [9.17, 15) is 8.42 Å². The zero-order valence-corrected chi connectivity index (χ0v) is 17.3. The Morgan fingerprint density at radius 3 is 2.12 bits per heavy atom. The van der Waals surface area contributed by atoms with Gasteiger partial charge in [0.25, 0.3) is 0 Å². The van der Waals surface area contributed by atoms with Crippen molar-refractivity contribution >= 4 is 33.0 Å². The van der Waals surface area contributed by atoms with Gasteiger partial charge >= 0.3 is 0 Å². The molecule has 0 unspecified atom stereocenters. The molecule has 0 aliphatic heterocycles. The summed E-state index contributed by atoms with van der Waals surface area (Å²) in [6, 6.07) is 13.6. The first-order valence-corrected chi connectivity index (χ1v) is 11.6. The molecule has 1 N–H and O–H groups in total. The van der Waals surface area contributed by atoms with E-state index < -0.39 is 9.84 Å². The van der Waals surface area contributed by atoms with Crippen molar-refractivity contribution in [1.29, 1.82) is 0 Å². The fraction of sp³-hybridized carbons (Fsp3) is 0.400. The summed E-state index contributed by atoms with van der Waals surface area (Å²) in [4.78, 5) is 0. The molecule has 2 aromatic rings. The molecule has 2 rings (SSSR count). The highest BCUT2D eigenvalue weighted by molar-refractivity contribution is 7.89. The quantitative estimate of drug-likeness (QED) is 0.574. The molecular weight excluding hydrogens is 389 g/mol. The summed E-state index contributed by atoms with van der Waals surface area (Å²) < 4.78 is 22.6. The van der Waals surface area contributed by atoms with Crippen LogP contribution in [0, 0.1) is 0 Å². The summed E-state index contributed by atoms with van der Waals surface area (Å²) in [5.41, 5.74) is 3.28. The van der Waals surface area contributed by atoms with Crippen LogP contribution in [-0.4, -0.2) is 27.8 Å². The molecule has 0 radical (unpaired) electrons. The van der Waals surface area contributed by atoms with E-state index in [1.54, 1.807) is 0 Å². The SMILES string of the molecule is CS(=O)(=O)Cc1ccc(CCCCNCCc2ccc(Cl)c(Cl)c2)cc1. The Labute approximate surface area is 166 Å². The van der Waals surface area contributed by atoms with Gasteiger partial charge in [0.2, 0.25) is 0 Å². The van der Waals surface area contributed by atoms with Crippen molar-refractivity contribution in [3.8, 4) is 0 Å². The number of nitrogens with one attached hydrogen (secondary N) is 1. The molecule has 0 heterocycles. The zero-order valence-electron chi connectivity index (χ0n) is 15.0. The van der Waals surface area contributed by atoms with E-state index in [1.165, 1.54) is 17.4 Å². The number of sulfone groups is 1. The summed E-state index contributed by atoms with van der Waals surface area (Å²) in [6.45, 7) is 1.89. The number of hydrogen-bond acceptors (Lipinski definition) is 3. The maximum absolute atomic E-state index is 11.3. The molecular formula is C20H25Cl2NO2S. The second kappa shape index (κ2) is 10.3. The van der Waals surface area contributed by atoms with Crippen molar-refractivity contribution < 1.29 is 8.42 Å². The molecule has 0 amide bonds. The maximum atomic E-state index is 11.3. The average molecular weight is 414 g/mol. The highest BCUT2D eigenvalue weighted by atomic mass is 35.5. The third-order valence-corrected chi connectivity index (χ3v) is 5.69. The normalized spacial score (nSPS) is 11.7. The van der Waals surface area contributed by atoms with Crippen LogP contribution in [0.25, 0.3) is 0 Å². The van der Waals surface area contributed by atoms with Gasteiger partial charge in [-0.1, -0.05) is 53.5 Å². The lowest BCUT2D eigenvalue weighted by atomic mass is 10.1. The van der Waals surface area contributed by atoms with E-state index in [0.717, 1.165) is 44.3 Å². The number of hydrogen-bond donors (Lipinski definition) is 1. The molecule has 3 nitrogen and oxygen atoms in total. The van der Waals surface area contributed by atoms with Gasteiger partial charge in [0.15, 0.2) is 9.84 Å². The van der Waals surface area contributed by atoms with Crippen LogP contribution in [0.5, 0.6) is 0 Å². The van der Waals surface area contributed by atoms with Crippen molar-refractivity contribution in [2.45, 2.75) is 31.4 Å². The number of unbranched alkanes of at least 4 members (excludes halogenated alkanes) is 1. The number of halogens is 2. The topological polar surface area (TPSA) is 46.2 Å². The van der Waals surface area contributed by atoms with Crippen molar-refractivity contribution in [3.05, 3.63) is 69.2 Å². The summed E-state index contributed by atoms with van der Waals surface area (Å²) in [5, 5.41) is 4.64. The van der Waals surface area contributed by atoms with E-state index in [-0.39, 0.29) is 5.75 Å². The molecule has 0 saturated heterocycles. The Bertz CT molecular complexity index is 805. The van der Waals surface area contributed by atoms with Crippen LogP contribution in [-0.2, 0) is 28.4 Å². The van der Waals surface area contributed by atoms with Crippen molar-refractivity contribution in [2.24, 2.45) is 0 Å². The number of aryl methyl sites for hydroxylation is 1. The van der Waals surface area contributed by atoms with E-state index >= 15 is 0 Å². The first kappa shape index (κ1) is 21.2. The van der Waals surface area contributed by atoms with E-state index in [0.29, 0.717) is 10.0 Å². The van der Waals surface area contributed by atoms with Crippen molar-refractivity contribution in [3.63, 3.8) is 0 Å². The summed E-state index contributed by atoms with van der Waals surface area (Å²) in [7, 11) is -2.97. The smallest absolute Gasteiger partial charge is 0.151 e. The van der Waals surface area contributed by atoms with Gasteiger partial charge in [-0.2, -0.15) is 0 Å². The van der Waals surface area contributed by atoms with Gasteiger partial charge in [-0.05, 0) is 67.6 Å². The molecule has 6 heteroatoms. The predicted octanol–water partition coefficient (Wildman–Crippen LogP) is 4.69. The molecule has 0 saturated carbocycles. The van der Waals surface area contributed by atoms with Crippen LogP contribution in [0.3, 0.4) is 0 Å². The first-order valence-electron chi connectivity index (χ1n) is 8.74. The third-order valence-electron chi connectivity index (χ3n) is 4.10. The Kier molecular flexibility index (Phi) is 8.42. The second-order valence-electron chi connectivity index (χ2n) is 6.59. The monoisotopic (exact) mass is 413 g/mol. The molecule has 0 aliphatic carbocycles. The lowest BCUT2D eigenvalue weighted by Gasteiger charge is -2.07. The highest BCUT2D eigenvalue weighted by Crippen LogP contribution is 2.22. The van der Waals surface area contributed by atoms with Crippen LogP contribution < -0.4 is 5.32 Å². The Balaban J connectivity index is 1.59. The van der Waals surface area contributed by atoms with Gasteiger partial charge < -0.3 is 5.32 Å². The van der Waals surface area contributed by atoms with Crippen LogP contribution >= 0.6 is 23.2 Å². The largest absolute Gasteiger partial charge is 0.316 e. The predicted molar refractivity (Wildman–Crippen MR) is 111 cm³/mol. The minimum atomic E-state index is -2.97. The average Bonchev–Trinajstić information content (AvgIpc) is 2.57. The molecule has 142 valence electrons. The Hall–Kier alpha value is -1.07. The summed E-state index contributed by atoms with van der Waals surface area (Å²) in [6.07, 6.45) is 5.40. The van der Waals surface area contributed by atoms with E-state index in [2.05, 4.69) is 5.32 Å². The zero-order chi connectivity index (χ0) is 19.0. The standard InChI is InChI=1S/C20H25Cl2NO2S/c1-26(24,25)15-18-7-5-16(6-8-18)4-2-3-12-23-13-11-17-9-10-19(21)20(22)14-17/h5-10,14,23H,2-4,11-13,15H2,1H3. The van der Waals surface area contributed by atoms with E-state index in [4.69, 9.17) is 23.2 Å². The Morgan fingerprint density at radius 1 is 0.808 bits per heavy atom. The molecule has 0 spiro atoms.